The Kier molecular flexibility index (Phi) is 5.19. The van der Waals surface area contributed by atoms with Gasteiger partial charge in [-0.1, -0.05) is 0 Å². The molecule has 2 aromatic rings. The molecule has 3 rings (SSSR count). The molecule has 2 heterocycles. The molecule has 2 N–H and O–H groups in total. The molecule has 0 aliphatic carbocycles. The van der Waals surface area contributed by atoms with E-state index in [1.165, 1.54) is 12.1 Å². The van der Waals surface area contributed by atoms with Crippen LogP contribution in [0, 0.1) is 5.82 Å². The molecule has 134 valence electrons. The van der Waals surface area contributed by atoms with Crippen LogP contribution in [0.1, 0.15) is 12.8 Å². The molecule has 1 aromatic heterocycles. The molecule has 6 nitrogen and oxygen atoms in total. The van der Waals surface area contributed by atoms with Gasteiger partial charge in [-0.3, -0.25) is 0 Å². The Labute approximate surface area is 146 Å². The molecule has 0 spiro atoms. The van der Waals surface area contributed by atoms with Gasteiger partial charge < -0.3 is 15.4 Å². The van der Waals surface area contributed by atoms with E-state index in [1.807, 2.05) is 0 Å². The molecule has 1 aliphatic heterocycles. The van der Waals surface area contributed by atoms with Gasteiger partial charge in [-0.15, -0.1) is 0 Å². The Morgan fingerprint density at radius 3 is 2.68 bits per heavy atom. The number of benzene rings is 1. The molecule has 1 fully saturated rings. The number of anilines is 2. The lowest BCUT2D eigenvalue weighted by Crippen LogP contribution is -2.34. The summed E-state index contributed by atoms with van der Waals surface area (Å²) < 4.78 is 43.0. The van der Waals surface area contributed by atoms with Gasteiger partial charge in [-0.2, -0.15) is 0 Å². The monoisotopic (exact) mass is 365 g/mol. The summed E-state index contributed by atoms with van der Waals surface area (Å²) in [5.74, 6) is -0.161. The smallest absolute Gasteiger partial charge is 0.215 e. The van der Waals surface area contributed by atoms with Crippen LogP contribution in [-0.4, -0.2) is 38.9 Å². The number of hydrogen-bond acceptors (Lipinski definition) is 6. The van der Waals surface area contributed by atoms with Crippen molar-refractivity contribution in [1.82, 2.24) is 10.3 Å². The number of rotatable bonds is 5. The highest BCUT2D eigenvalue weighted by atomic mass is 32.2. The van der Waals surface area contributed by atoms with Crippen LogP contribution in [0.2, 0.25) is 0 Å². The number of halogens is 1. The van der Waals surface area contributed by atoms with Crippen LogP contribution in [0.3, 0.4) is 0 Å². The Morgan fingerprint density at radius 1 is 1.24 bits per heavy atom. The molecule has 1 aromatic carbocycles. The van der Waals surface area contributed by atoms with Gasteiger partial charge in [0.15, 0.2) is 9.84 Å². The maximum absolute atomic E-state index is 14.2. The lowest BCUT2D eigenvalue weighted by Gasteiger charge is -2.23. The number of ether oxygens (including phenoxy) is 1. The molecule has 0 bridgehead atoms. The van der Waals surface area contributed by atoms with Crippen molar-refractivity contribution < 1.29 is 17.5 Å². The quantitative estimate of drug-likeness (QED) is 0.847. The van der Waals surface area contributed by atoms with E-state index in [9.17, 15) is 12.8 Å². The molecule has 0 amide bonds. The number of hydrogen-bond donors (Lipinski definition) is 2. The van der Waals surface area contributed by atoms with E-state index < -0.39 is 15.7 Å². The fraction of sp³-hybridized carbons (Fsp3) is 0.353. The largest absolute Gasteiger partial charge is 0.474 e. The van der Waals surface area contributed by atoms with Gasteiger partial charge in [0.1, 0.15) is 11.9 Å². The fourth-order valence-electron chi connectivity index (χ4n) is 2.62. The topological polar surface area (TPSA) is 80.3 Å². The molecule has 8 heteroatoms. The first-order valence-corrected chi connectivity index (χ1v) is 9.91. The molecule has 1 saturated heterocycles. The average molecular weight is 365 g/mol. The third kappa shape index (κ3) is 4.67. The molecule has 1 aliphatic rings. The van der Waals surface area contributed by atoms with E-state index in [1.54, 1.807) is 18.3 Å². The standard InChI is InChI=1S/C17H20FN3O3S/c1-25(22,23)14-2-3-16(15(18)11-14)21-12-4-9-20-17(10-12)24-13-5-7-19-8-6-13/h2-4,9-11,13,19H,5-8H2,1H3,(H,20,21). The average Bonchev–Trinajstić information content (AvgIpc) is 2.57. The summed E-state index contributed by atoms with van der Waals surface area (Å²) in [7, 11) is -3.44. The van der Waals surface area contributed by atoms with Crippen molar-refractivity contribution in [1.29, 1.82) is 0 Å². The zero-order valence-corrected chi connectivity index (χ0v) is 14.6. The number of piperidine rings is 1. The molecule has 0 atom stereocenters. The lowest BCUT2D eigenvalue weighted by molar-refractivity contribution is 0.156. The summed E-state index contributed by atoms with van der Waals surface area (Å²) in [6.45, 7) is 1.83. The van der Waals surface area contributed by atoms with Crippen LogP contribution < -0.4 is 15.4 Å². The van der Waals surface area contributed by atoms with Gasteiger partial charge in [0.05, 0.1) is 10.6 Å². The van der Waals surface area contributed by atoms with Crippen LogP contribution in [0.4, 0.5) is 15.8 Å². The van der Waals surface area contributed by atoms with Crippen LogP contribution in [0.25, 0.3) is 0 Å². The highest BCUT2D eigenvalue weighted by Crippen LogP contribution is 2.25. The number of aromatic nitrogens is 1. The van der Waals surface area contributed by atoms with Crippen molar-refractivity contribution in [2.24, 2.45) is 0 Å². The number of sulfone groups is 1. The zero-order chi connectivity index (χ0) is 17.9. The predicted octanol–water partition coefficient (Wildman–Crippen LogP) is 2.50. The van der Waals surface area contributed by atoms with E-state index >= 15 is 0 Å². The van der Waals surface area contributed by atoms with E-state index in [0.717, 1.165) is 38.3 Å². The maximum Gasteiger partial charge on any atom is 0.215 e. The summed E-state index contributed by atoms with van der Waals surface area (Å²) in [4.78, 5) is 4.13. The third-order valence-electron chi connectivity index (χ3n) is 3.96. The van der Waals surface area contributed by atoms with E-state index in [4.69, 9.17) is 4.74 Å². The van der Waals surface area contributed by atoms with Crippen molar-refractivity contribution in [3.63, 3.8) is 0 Å². The van der Waals surface area contributed by atoms with Crippen LogP contribution in [0.5, 0.6) is 5.88 Å². The summed E-state index contributed by atoms with van der Waals surface area (Å²) in [6, 6.07) is 7.17. The van der Waals surface area contributed by atoms with Gasteiger partial charge in [0.2, 0.25) is 5.88 Å². The highest BCUT2D eigenvalue weighted by Gasteiger charge is 2.15. The van der Waals surface area contributed by atoms with E-state index in [-0.39, 0.29) is 16.7 Å². The Morgan fingerprint density at radius 2 is 2.00 bits per heavy atom. The molecule has 0 radical (unpaired) electrons. The minimum Gasteiger partial charge on any atom is -0.474 e. The van der Waals surface area contributed by atoms with Gasteiger partial charge >= 0.3 is 0 Å². The highest BCUT2D eigenvalue weighted by molar-refractivity contribution is 7.90. The first-order chi connectivity index (χ1) is 11.9. The van der Waals surface area contributed by atoms with Crippen molar-refractivity contribution in [3.8, 4) is 5.88 Å². The van der Waals surface area contributed by atoms with Crippen LogP contribution >= 0.6 is 0 Å². The zero-order valence-electron chi connectivity index (χ0n) is 13.8. The van der Waals surface area contributed by atoms with Crippen LogP contribution in [0.15, 0.2) is 41.4 Å². The Hall–Kier alpha value is -2.19. The first-order valence-electron chi connectivity index (χ1n) is 8.02. The van der Waals surface area contributed by atoms with Crippen molar-refractivity contribution in [2.45, 2.75) is 23.8 Å². The predicted molar refractivity (Wildman–Crippen MR) is 93.5 cm³/mol. The Bertz CT molecular complexity index is 852. The second kappa shape index (κ2) is 7.37. The molecule has 0 unspecified atom stereocenters. The third-order valence-corrected chi connectivity index (χ3v) is 5.07. The summed E-state index contributed by atoms with van der Waals surface area (Å²) in [6.07, 6.45) is 4.58. The molecular weight excluding hydrogens is 345 g/mol. The minimum atomic E-state index is -3.44. The minimum absolute atomic E-state index is 0.0554. The Balaban J connectivity index is 1.73. The van der Waals surface area contributed by atoms with Gasteiger partial charge in [0.25, 0.3) is 0 Å². The lowest BCUT2D eigenvalue weighted by atomic mass is 10.1. The number of pyridine rings is 1. The van der Waals surface area contributed by atoms with E-state index in [2.05, 4.69) is 15.6 Å². The molecular formula is C17H20FN3O3S. The normalized spacial score (nSPS) is 15.8. The number of nitrogens with zero attached hydrogens (tertiary/aromatic N) is 1. The SMILES string of the molecule is CS(=O)(=O)c1ccc(Nc2ccnc(OC3CCNCC3)c2)c(F)c1. The molecule has 0 saturated carbocycles. The first kappa shape index (κ1) is 17.6. The summed E-state index contributed by atoms with van der Waals surface area (Å²) in [5.41, 5.74) is 0.802. The second-order valence-corrected chi connectivity index (χ2v) is 8.00. The maximum atomic E-state index is 14.2. The number of nitrogens with one attached hydrogen (secondary N) is 2. The van der Waals surface area contributed by atoms with Gasteiger partial charge in [-0.25, -0.2) is 17.8 Å². The van der Waals surface area contributed by atoms with Crippen molar-refractivity contribution in [3.05, 3.63) is 42.3 Å². The summed E-state index contributed by atoms with van der Waals surface area (Å²) >= 11 is 0. The van der Waals surface area contributed by atoms with Crippen LogP contribution in [-0.2, 0) is 9.84 Å². The van der Waals surface area contributed by atoms with Crippen molar-refractivity contribution in [2.75, 3.05) is 24.7 Å². The molecule has 25 heavy (non-hydrogen) atoms. The second-order valence-electron chi connectivity index (χ2n) is 5.99. The van der Waals surface area contributed by atoms with Gasteiger partial charge in [-0.05, 0) is 50.2 Å². The fourth-order valence-corrected chi connectivity index (χ4v) is 3.25. The van der Waals surface area contributed by atoms with Gasteiger partial charge in [0, 0.05) is 24.2 Å². The van der Waals surface area contributed by atoms with Crippen molar-refractivity contribution >= 4 is 21.2 Å². The van der Waals surface area contributed by atoms with E-state index in [0.29, 0.717) is 11.6 Å². The summed E-state index contributed by atoms with van der Waals surface area (Å²) in [5, 5.41) is 6.19.